The van der Waals surface area contributed by atoms with Crippen molar-refractivity contribution < 1.29 is 18.3 Å². The Morgan fingerprint density at radius 1 is 1.15 bits per heavy atom. The molecular formula is C17H15F2N5O2. The molecule has 2 aromatic carbocycles. The van der Waals surface area contributed by atoms with E-state index in [0.717, 1.165) is 12.1 Å². The van der Waals surface area contributed by atoms with Crippen molar-refractivity contribution in [3.8, 4) is 11.4 Å². The number of benzene rings is 2. The lowest BCUT2D eigenvalue weighted by atomic mass is 10.2. The zero-order valence-corrected chi connectivity index (χ0v) is 13.8. The van der Waals surface area contributed by atoms with Crippen LogP contribution in [0.3, 0.4) is 0 Å². The van der Waals surface area contributed by atoms with Gasteiger partial charge in [0.1, 0.15) is 22.9 Å². The molecule has 7 nitrogen and oxygen atoms in total. The maximum atomic E-state index is 13.7. The molecule has 0 aliphatic carbocycles. The fourth-order valence-corrected chi connectivity index (χ4v) is 2.33. The highest BCUT2D eigenvalue weighted by atomic mass is 19.1. The van der Waals surface area contributed by atoms with Crippen LogP contribution in [0, 0.1) is 11.6 Å². The van der Waals surface area contributed by atoms with Gasteiger partial charge in [0.25, 0.3) is 5.91 Å². The van der Waals surface area contributed by atoms with E-state index in [0.29, 0.717) is 23.9 Å². The van der Waals surface area contributed by atoms with Crippen molar-refractivity contribution in [2.24, 2.45) is 0 Å². The van der Waals surface area contributed by atoms with Gasteiger partial charge in [-0.2, -0.15) is 4.68 Å². The molecule has 0 fully saturated rings. The first-order chi connectivity index (χ1) is 12.6. The Morgan fingerprint density at radius 3 is 2.50 bits per heavy atom. The molecule has 134 valence electrons. The molecule has 0 bridgehead atoms. The quantitative estimate of drug-likeness (QED) is 0.730. The summed E-state index contributed by atoms with van der Waals surface area (Å²) < 4.78 is 34.1. The SMILES string of the molecule is CCOc1ccc(-n2nnnc2CNC(=O)c2c(F)cccc2F)cc1. The molecule has 0 radical (unpaired) electrons. The number of nitrogens with one attached hydrogen (secondary N) is 1. The van der Waals surface area contributed by atoms with E-state index in [9.17, 15) is 13.6 Å². The summed E-state index contributed by atoms with van der Waals surface area (Å²) in [5.41, 5.74) is 0.00682. The number of aromatic nitrogens is 4. The Balaban J connectivity index is 1.74. The van der Waals surface area contributed by atoms with Gasteiger partial charge in [-0.05, 0) is 53.7 Å². The van der Waals surface area contributed by atoms with E-state index in [1.165, 1.54) is 10.7 Å². The largest absolute Gasteiger partial charge is 0.494 e. The molecule has 26 heavy (non-hydrogen) atoms. The van der Waals surface area contributed by atoms with E-state index < -0.39 is 23.1 Å². The maximum Gasteiger partial charge on any atom is 0.257 e. The minimum absolute atomic E-state index is 0.104. The van der Waals surface area contributed by atoms with Crippen LogP contribution >= 0.6 is 0 Å². The number of nitrogens with zero attached hydrogens (tertiary/aromatic N) is 4. The van der Waals surface area contributed by atoms with E-state index in [2.05, 4.69) is 20.8 Å². The number of amides is 1. The molecule has 0 aliphatic heterocycles. The zero-order chi connectivity index (χ0) is 18.5. The number of halogens is 2. The minimum atomic E-state index is -0.936. The molecule has 1 aromatic heterocycles. The molecule has 0 unspecified atom stereocenters. The van der Waals surface area contributed by atoms with Gasteiger partial charge in [0.2, 0.25) is 0 Å². The first-order valence-electron chi connectivity index (χ1n) is 7.83. The Labute approximate surface area is 147 Å². The van der Waals surface area contributed by atoms with Crippen molar-refractivity contribution in [2.45, 2.75) is 13.5 Å². The number of hydrogen-bond donors (Lipinski definition) is 1. The van der Waals surface area contributed by atoms with E-state index in [-0.39, 0.29) is 6.54 Å². The van der Waals surface area contributed by atoms with Crippen LogP contribution in [0.4, 0.5) is 8.78 Å². The van der Waals surface area contributed by atoms with Gasteiger partial charge in [-0.1, -0.05) is 6.07 Å². The lowest BCUT2D eigenvalue weighted by Crippen LogP contribution is -2.26. The van der Waals surface area contributed by atoms with E-state index in [4.69, 9.17) is 4.74 Å². The zero-order valence-electron chi connectivity index (χ0n) is 13.8. The number of hydrogen-bond acceptors (Lipinski definition) is 5. The summed E-state index contributed by atoms with van der Waals surface area (Å²) in [5, 5.41) is 13.7. The fraction of sp³-hybridized carbons (Fsp3) is 0.176. The van der Waals surface area contributed by atoms with E-state index in [1.54, 1.807) is 24.3 Å². The summed E-state index contributed by atoms with van der Waals surface area (Å²) in [6, 6.07) is 10.2. The normalized spacial score (nSPS) is 10.6. The van der Waals surface area contributed by atoms with Gasteiger partial charge in [0, 0.05) is 0 Å². The third-order valence-electron chi connectivity index (χ3n) is 3.52. The van der Waals surface area contributed by atoms with E-state index >= 15 is 0 Å². The van der Waals surface area contributed by atoms with Crippen LogP contribution in [0.5, 0.6) is 5.75 Å². The van der Waals surface area contributed by atoms with Crippen LogP contribution in [0.2, 0.25) is 0 Å². The molecule has 1 N–H and O–H groups in total. The highest BCUT2D eigenvalue weighted by Crippen LogP contribution is 2.16. The maximum absolute atomic E-state index is 13.7. The molecule has 0 spiro atoms. The summed E-state index contributed by atoms with van der Waals surface area (Å²) in [6.07, 6.45) is 0. The van der Waals surface area contributed by atoms with Gasteiger partial charge >= 0.3 is 0 Å². The first-order valence-corrected chi connectivity index (χ1v) is 7.83. The molecule has 9 heteroatoms. The van der Waals surface area contributed by atoms with Crippen LogP contribution in [0.15, 0.2) is 42.5 Å². The number of tetrazole rings is 1. The second-order valence-corrected chi connectivity index (χ2v) is 5.21. The van der Waals surface area contributed by atoms with Crippen molar-refractivity contribution >= 4 is 5.91 Å². The second-order valence-electron chi connectivity index (χ2n) is 5.21. The topological polar surface area (TPSA) is 81.9 Å². The van der Waals surface area contributed by atoms with Crippen molar-refractivity contribution in [1.29, 1.82) is 0 Å². The van der Waals surface area contributed by atoms with Gasteiger partial charge in [0.05, 0.1) is 18.8 Å². The van der Waals surface area contributed by atoms with Gasteiger partial charge < -0.3 is 10.1 Å². The third-order valence-corrected chi connectivity index (χ3v) is 3.52. The third kappa shape index (κ3) is 3.66. The molecule has 1 amide bonds. The monoisotopic (exact) mass is 359 g/mol. The molecule has 0 aliphatic rings. The fourth-order valence-electron chi connectivity index (χ4n) is 2.33. The van der Waals surface area contributed by atoms with Crippen LogP contribution in [-0.2, 0) is 6.54 Å². The lowest BCUT2D eigenvalue weighted by molar-refractivity contribution is 0.0941. The van der Waals surface area contributed by atoms with Crippen molar-refractivity contribution in [3.05, 3.63) is 65.5 Å². The molecular weight excluding hydrogens is 344 g/mol. The highest BCUT2D eigenvalue weighted by molar-refractivity contribution is 5.94. The van der Waals surface area contributed by atoms with Crippen LogP contribution in [0.1, 0.15) is 23.1 Å². The van der Waals surface area contributed by atoms with Gasteiger partial charge in [-0.3, -0.25) is 4.79 Å². The average Bonchev–Trinajstić information content (AvgIpc) is 3.09. The van der Waals surface area contributed by atoms with Crippen LogP contribution in [-0.4, -0.2) is 32.7 Å². The standard InChI is InChI=1S/C17H15F2N5O2/c1-2-26-12-8-6-11(7-9-12)24-15(21-22-23-24)10-20-17(25)16-13(18)4-3-5-14(16)19/h3-9H,2,10H2,1H3,(H,20,25). The highest BCUT2D eigenvalue weighted by Gasteiger charge is 2.18. The first kappa shape index (κ1) is 17.5. The smallest absolute Gasteiger partial charge is 0.257 e. The molecule has 0 atom stereocenters. The van der Waals surface area contributed by atoms with Gasteiger partial charge in [-0.25, -0.2) is 8.78 Å². The molecule has 0 saturated heterocycles. The Morgan fingerprint density at radius 2 is 1.85 bits per heavy atom. The average molecular weight is 359 g/mol. The number of ether oxygens (including phenoxy) is 1. The Kier molecular flexibility index (Phi) is 5.16. The van der Waals surface area contributed by atoms with Gasteiger partial charge in [0.15, 0.2) is 5.82 Å². The predicted octanol–water partition coefficient (Wildman–Crippen LogP) is 2.27. The van der Waals surface area contributed by atoms with E-state index in [1.807, 2.05) is 6.92 Å². The number of carbonyl (C=O) groups is 1. The summed E-state index contributed by atoms with van der Waals surface area (Å²) in [6.45, 7) is 2.33. The molecule has 3 aromatic rings. The summed E-state index contributed by atoms with van der Waals surface area (Å²) in [7, 11) is 0. The Bertz CT molecular complexity index is 892. The molecule has 0 saturated carbocycles. The van der Waals surface area contributed by atoms with Crippen molar-refractivity contribution in [3.63, 3.8) is 0 Å². The Hall–Kier alpha value is -3.36. The number of carbonyl (C=O) groups excluding carboxylic acids is 1. The molecule has 3 rings (SSSR count). The van der Waals surface area contributed by atoms with Crippen molar-refractivity contribution in [1.82, 2.24) is 25.5 Å². The van der Waals surface area contributed by atoms with Gasteiger partial charge in [-0.15, -0.1) is 5.10 Å². The summed E-state index contributed by atoms with van der Waals surface area (Å²) >= 11 is 0. The van der Waals surface area contributed by atoms with Crippen LogP contribution < -0.4 is 10.1 Å². The number of rotatable bonds is 6. The minimum Gasteiger partial charge on any atom is -0.494 e. The lowest BCUT2D eigenvalue weighted by Gasteiger charge is -2.08. The summed E-state index contributed by atoms with van der Waals surface area (Å²) in [4.78, 5) is 12.1. The predicted molar refractivity (Wildman–Crippen MR) is 87.9 cm³/mol. The van der Waals surface area contributed by atoms with Crippen LogP contribution in [0.25, 0.3) is 5.69 Å². The van der Waals surface area contributed by atoms with Crippen molar-refractivity contribution in [2.75, 3.05) is 6.61 Å². The second kappa shape index (κ2) is 7.68. The summed E-state index contributed by atoms with van der Waals surface area (Å²) in [5.74, 6) is -1.75. The molecule has 1 heterocycles.